The van der Waals surface area contributed by atoms with Crippen LogP contribution in [-0.2, 0) is 19.4 Å². The van der Waals surface area contributed by atoms with Gasteiger partial charge in [0.15, 0.2) is 0 Å². The molecule has 2 aromatic heterocycles. The van der Waals surface area contributed by atoms with Gasteiger partial charge in [-0.25, -0.2) is 0 Å². The summed E-state index contributed by atoms with van der Waals surface area (Å²) in [5.41, 5.74) is 7.89. The highest BCUT2D eigenvalue weighted by Crippen LogP contribution is 2.44. The van der Waals surface area contributed by atoms with E-state index in [1.807, 2.05) is 13.1 Å². The maximum absolute atomic E-state index is 6.57. The van der Waals surface area contributed by atoms with Gasteiger partial charge in [0.25, 0.3) is 0 Å². The molecule has 27 heavy (non-hydrogen) atoms. The first-order valence-electron chi connectivity index (χ1n) is 9.70. The van der Waals surface area contributed by atoms with Crippen LogP contribution in [0, 0.1) is 6.92 Å². The van der Waals surface area contributed by atoms with Crippen LogP contribution in [0.4, 0.5) is 5.69 Å². The summed E-state index contributed by atoms with van der Waals surface area (Å²) in [4.78, 5) is 9.36. The van der Waals surface area contributed by atoms with E-state index in [4.69, 9.17) is 11.6 Å². The van der Waals surface area contributed by atoms with Crippen LogP contribution in [-0.4, -0.2) is 41.6 Å². The van der Waals surface area contributed by atoms with E-state index in [1.165, 1.54) is 33.4 Å². The van der Waals surface area contributed by atoms with Gasteiger partial charge in [-0.3, -0.25) is 4.98 Å². The van der Waals surface area contributed by atoms with Crippen LogP contribution in [0.5, 0.6) is 0 Å². The van der Waals surface area contributed by atoms with Gasteiger partial charge in [0.1, 0.15) is 0 Å². The molecule has 0 aliphatic carbocycles. The van der Waals surface area contributed by atoms with Gasteiger partial charge in [-0.2, -0.15) is 0 Å². The predicted octanol–water partition coefficient (Wildman–Crippen LogP) is 4.22. The van der Waals surface area contributed by atoms with E-state index in [9.17, 15) is 0 Å². The zero-order valence-electron chi connectivity index (χ0n) is 16.2. The van der Waals surface area contributed by atoms with Crippen LogP contribution in [0.2, 0.25) is 5.02 Å². The minimum atomic E-state index is 0.268. The highest BCUT2D eigenvalue weighted by atomic mass is 35.5. The summed E-state index contributed by atoms with van der Waals surface area (Å²) in [7, 11) is 4.41. The molecule has 0 radical (unpaired) electrons. The topological polar surface area (TPSA) is 24.3 Å². The number of likely N-dealkylation sites (N-methyl/N-ethyl adjacent to an activating group) is 2. The molecule has 0 fully saturated rings. The highest BCUT2D eigenvalue weighted by molar-refractivity contribution is 6.32. The van der Waals surface area contributed by atoms with Gasteiger partial charge in [-0.05, 0) is 49.7 Å². The van der Waals surface area contributed by atoms with E-state index in [0.29, 0.717) is 0 Å². The molecule has 5 heteroatoms. The predicted molar refractivity (Wildman–Crippen MR) is 112 cm³/mol. The summed E-state index contributed by atoms with van der Waals surface area (Å²) in [5, 5.41) is 2.17. The number of hydrogen-bond acceptors (Lipinski definition) is 3. The van der Waals surface area contributed by atoms with Crippen LogP contribution in [0.1, 0.15) is 28.6 Å². The Morgan fingerprint density at radius 1 is 1.11 bits per heavy atom. The molecule has 5 rings (SSSR count). The van der Waals surface area contributed by atoms with Gasteiger partial charge in [0.2, 0.25) is 0 Å². The molecule has 1 unspecified atom stereocenters. The van der Waals surface area contributed by atoms with Gasteiger partial charge in [-0.1, -0.05) is 17.7 Å². The third kappa shape index (κ3) is 2.66. The van der Waals surface area contributed by atoms with E-state index in [2.05, 4.69) is 57.7 Å². The lowest BCUT2D eigenvalue weighted by Gasteiger charge is -2.36. The van der Waals surface area contributed by atoms with Crippen LogP contribution in [0.25, 0.3) is 10.9 Å². The standard InChI is InChI=1S/C22H25ClN4/c1-14-4-5-15(12-24-14)21-13-27-19-7-9-25(2)8-6-17(19)18-10-16(23)11-20(22(18)27)26(21)3/h4-5,10-12,21H,6-9,13H2,1-3H3. The Labute approximate surface area is 165 Å². The second kappa shape index (κ2) is 6.25. The third-order valence-corrected chi connectivity index (χ3v) is 6.54. The number of fused-ring (bicyclic) bond motifs is 3. The molecule has 3 aromatic rings. The van der Waals surface area contributed by atoms with Crippen molar-refractivity contribution in [3.63, 3.8) is 0 Å². The molecule has 0 amide bonds. The molecule has 0 bridgehead atoms. The molecule has 1 aromatic carbocycles. The number of aryl methyl sites for hydroxylation is 1. The van der Waals surface area contributed by atoms with Crippen LogP contribution >= 0.6 is 11.6 Å². The first kappa shape index (κ1) is 17.1. The van der Waals surface area contributed by atoms with Crippen molar-refractivity contribution >= 4 is 28.2 Å². The van der Waals surface area contributed by atoms with Gasteiger partial charge in [0, 0.05) is 61.1 Å². The van der Waals surface area contributed by atoms with E-state index < -0.39 is 0 Å². The van der Waals surface area contributed by atoms with Crippen molar-refractivity contribution < 1.29 is 0 Å². The van der Waals surface area contributed by atoms with Crippen molar-refractivity contribution in [2.45, 2.75) is 32.4 Å². The molecular formula is C22H25ClN4. The van der Waals surface area contributed by atoms with E-state index in [1.54, 1.807) is 0 Å². The summed E-state index contributed by atoms with van der Waals surface area (Å²) in [6.07, 6.45) is 4.22. The monoisotopic (exact) mass is 380 g/mol. The number of anilines is 1. The summed E-state index contributed by atoms with van der Waals surface area (Å²) < 4.78 is 2.57. The lowest BCUT2D eigenvalue weighted by Crippen LogP contribution is -2.33. The van der Waals surface area contributed by atoms with Crippen LogP contribution in [0.3, 0.4) is 0 Å². The zero-order chi connectivity index (χ0) is 18.7. The number of pyridine rings is 1. The molecule has 1 atom stereocenters. The maximum atomic E-state index is 6.57. The fraction of sp³-hybridized carbons (Fsp3) is 0.409. The number of benzene rings is 1. The van der Waals surface area contributed by atoms with Crippen LogP contribution < -0.4 is 4.90 Å². The Balaban J connectivity index is 1.71. The number of aromatic nitrogens is 2. The molecule has 0 saturated carbocycles. The normalized spacial score (nSPS) is 20.0. The Morgan fingerprint density at radius 3 is 2.70 bits per heavy atom. The van der Waals surface area contributed by atoms with Gasteiger partial charge < -0.3 is 14.4 Å². The average molecular weight is 381 g/mol. The summed E-state index contributed by atoms with van der Waals surface area (Å²) in [5.74, 6) is 0. The minimum Gasteiger partial charge on any atom is -0.364 e. The molecule has 0 saturated heterocycles. The first-order chi connectivity index (χ1) is 13.0. The molecule has 0 N–H and O–H groups in total. The second-order valence-corrected chi connectivity index (χ2v) is 8.46. The first-order valence-corrected chi connectivity index (χ1v) is 10.1. The lowest BCUT2D eigenvalue weighted by molar-refractivity contribution is 0.350. The summed E-state index contributed by atoms with van der Waals surface area (Å²) in [6, 6.07) is 8.89. The quantitative estimate of drug-likeness (QED) is 0.631. The van der Waals surface area contributed by atoms with Gasteiger partial charge in [0.05, 0.1) is 17.2 Å². The fourth-order valence-corrected chi connectivity index (χ4v) is 4.98. The Kier molecular flexibility index (Phi) is 3.95. The molecule has 2 aliphatic rings. The molecular weight excluding hydrogens is 356 g/mol. The molecule has 140 valence electrons. The molecule has 2 aliphatic heterocycles. The summed E-state index contributed by atoms with van der Waals surface area (Å²) >= 11 is 6.57. The maximum Gasteiger partial charge on any atom is 0.0734 e. The van der Waals surface area contributed by atoms with E-state index in [0.717, 1.165) is 43.2 Å². The van der Waals surface area contributed by atoms with Crippen molar-refractivity contribution in [2.24, 2.45) is 0 Å². The zero-order valence-corrected chi connectivity index (χ0v) is 16.9. The van der Waals surface area contributed by atoms with Crippen molar-refractivity contribution in [2.75, 3.05) is 32.1 Å². The number of halogens is 1. The minimum absolute atomic E-state index is 0.268. The van der Waals surface area contributed by atoms with Crippen molar-refractivity contribution in [3.05, 3.63) is 58.0 Å². The molecule has 4 heterocycles. The average Bonchev–Trinajstić information content (AvgIpc) is 2.80. The Morgan fingerprint density at radius 2 is 1.93 bits per heavy atom. The SMILES string of the molecule is Cc1ccc(C2Cn3c4c(c5cc(Cl)cc(c53)N2C)CCN(C)CC4)cn1. The lowest BCUT2D eigenvalue weighted by atomic mass is 10.0. The summed E-state index contributed by atoms with van der Waals surface area (Å²) in [6.45, 7) is 5.22. The molecule has 0 spiro atoms. The van der Waals surface area contributed by atoms with Gasteiger partial charge in [-0.15, -0.1) is 0 Å². The Hall–Kier alpha value is -2.04. The van der Waals surface area contributed by atoms with E-state index >= 15 is 0 Å². The van der Waals surface area contributed by atoms with Crippen LogP contribution in [0.15, 0.2) is 30.5 Å². The highest BCUT2D eigenvalue weighted by Gasteiger charge is 2.31. The molecule has 4 nitrogen and oxygen atoms in total. The fourth-order valence-electron chi connectivity index (χ4n) is 4.77. The van der Waals surface area contributed by atoms with Gasteiger partial charge >= 0.3 is 0 Å². The van der Waals surface area contributed by atoms with Crippen molar-refractivity contribution in [1.82, 2.24) is 14.5 Å². The largest absolute Gasteiger partial charge is 0.364 e. The number of hydrogen-bond donors (Lipinski definition) is 0. The second-order valence-electron chi connectivity index (χ2n) is 8.02. The smallest absolute Gasteiger partial charge is 0.0734 e. The number of nitrogens with zero attached hydrogens (tertiary/aromatic N) is 4. The third-order valence-electron chi connectivity index (χ3n) is 6.32. The van der Waals surface area contributed by atoms with Crippen molar-refractivity contribution in [3.8, 4) is 0 Å². The van der Waals surface area contributed by atoms with E-state index in [-0.39, 0.29) is 6.04 Å². The Bertz CT molecular complexity index is 1020. The number of rotatable bonds is 1. The van der Waals surface area contributed by atoms with Crippen molar-refractivity contribution in [1.29, 1.82) is 0 Å².